The van der Waals surface area contributed by atoms with E-state index < -0.39 is 4.92 Å². The van der Waals surface area contributed by atoms with Crippen molar-refractivity contribution in [3.8, 4) is 5.75 Å². The number of nitrogens with zero attached hydrogens (tertiary/aromatic N) is 2. The molecule has 1 rings (SSSR count). The largest absolute Gasteiger partial charge is 0.494 e. The van der Waals surface area contributed by atoms with E-state index in [1.807, 2.05) is 0 Å². The first kappa shape index (κ1) is 16.0. The maximum absolute atomic E-state index is 11.1. The van der Waals surface area contributed by atoms with Crippen molar-refractivity contribution < 1.29 is 9.66 Å². The van der Waals surface area contributed by atoms with Crippen LogP contribution in [0.5, 0.6) is 5.75 Å². The highest BCUT2D eigenvalue weighted by Gasteiger charge is 2.19. The number of nitro groups is 1. The average Bonchev–Trinajstić information content (AvgIpc) is 2.45. The minimum absolute atomic E-state index is 0.0218. The molecular weight excluding hydrogens is 256 g/mol. The fourth-order valence-electron chi connectivity index (χ4n) is 2.20. The van der Waals surface area contributed by atoms with Crippen molar-refractivity contribution in [2.45, 2.75) is 26.7 Å². The Kier molecular flexibility index (Phi) is 6.03. The Bertz CT molecular complexity index is 480. The van der Waals surface area contributed by atoms with Crippen molar-refractivity contribution in [1.29, 1.82) is 0 Å². The maximum Gasteiger partial charge on any atom is 0.280 e. The summed E-state index contributed by atoms with van der Waals surface area (Å²) in [5, 5.41) is 11.1. The summed E-state index contributed by atoms with van der Waals surface area (Å²) in [4.78, 5) is 12.9. The van der Waals surface area contributed by atoms with Crippen LogP contribution in [-0.2, 0) is 0 Å². The second-order valence-corrected chi connectivity index (χ2v) is 4.53. The highest BCUT2D eigenvalue weighted by atomic mass is 16.6. The Labute approximate surface area is 120 Å². The zero-order chi connectivity index (χ0) is 15.1. The van der Waals surface area contributed by atoms with Gasteiger partial charge in [-0.1, -0.05) is 26.5 Å². The molecule has 1 aromatic carbocycles. The van der Waals surface area contributed by atoms with Crippen LogP contribution in [0.25, 0.3) is 6.08 Å². The Hall–Kier alpha value is -2.04. The Balaban J connectivity index is 3.36. The van der Waals surface area contributed by atoms with Gasteiger partial charge in [0.15, 0.2) is 0 Å². The molecule has 0 N–H and O–H groups in total. The van der Waals surface area contributed by atoms with Crippen LogP contribution in [0.4, 0.5) is 11.4 Å². The second-order valence-electron chi connectivity index (χ2n) is 4.53. The van der Waals surface area contributed by atoms with Gasteiger partial charge in [-0.15, -0.1) is 0 Å². The Morgan fingerprint density at radius 1 is 1.35 bits per heavy atom. The van der Waals surface area contributed by atoms with Crippen molar-refractivity contribution in [1.82, 2.24) is 0 Å². The number of nitro benzene ring substituents is 1. The number of rotatable bonds is 8. The standard InChI is InChI=1S/C15H22N2O3/c1-5-8-16(9-6-2)14-10-12(7-3)13(17(18)19)11-15(14)20-4/h7,10-11H,3,5-6,8-9H2,1-2,4H3. The van der Waals surface area contributed by atoms with Gasteiger partial charge in [0.2, 0.25) is 0 Å². The van der Waals surface area contributed by atoms with Crippen molar-refractivity contribution in [3.63, 3.8) is 0 Å². The fourth-order valence-corrected chi connectivity index (χ4v) is 2.20. The molecule has 0 amide bonds. The van der Waals surface area contributed by atoms with Crippen LogP contribution in [0.3, 0.4) is 0 Å². The van der Waals surface area contributed by atoms with Crippen LogP contribution in [0.2, 0.25) is 0 Å². The van der Waals surface area contributed by atoms with Gasteiger partial charge in [0.05, 0.1) is 29.4 Å². The molecule has 20 heavy (non-hydrogen) atoms. The molecule has 0 atom stereocenters. The molecular formula is C15H22N2O3. The molecule has 0 fully saturated rings. The molecule has 0 heterocycles. The van der Waals surface area contributed by atoms with Crippen molar-refractivity contribution >= 4 is 17.5 Å². The summed E-state index contributed by atoms with van der Waals surface area (Å²) < 4.78 is 5.33. The molecule has 0 aliphatic heterocycles. The lowest BCUT2D eigenvalue weighted by Crippen LogP contribution is -2.25. The lowest BCUT2D eigenvalue weighted by atomic mass is 10.1. The summed E-state index contributed by atoms with van der Waals surface area (Å²) in [6, 6.07) is 3.26. The van der Waals surface area contributed by atoms with Gasteiger partial charge in [-0.25, -0.2) is 0 Å². The third-order valence-corrected chi connectivity index (χ3v) is 3.07. The first-order chi connectivity index (χ1) is 9.58. The Morgan fingerprint density at radius 2 is 1.95 bits per heavy atom. The summed E-state index contributed by atoms with van der Waals surface area (Å²) in [5.41, 5.74) is 1.42. The maximum atomic E-state index is 11.1. The van der Waals surface area contributed by atoms with E-state index in [1.165, 1.54) is 19.3 Å². The van der Waals surface area contributed by atoms with Crippen molar-refractivity contribution in [3.05, 3.63) is 34.4 Å². The van der Waals surface area contributed by atoms with E-state index in [2.05, 4.69) is 25.3 Å². The molecule has 0 aliphatic rings. The number of benzene rings is 1. The molecule has 110 valence electrons. The first-order valence-electron chi connectivity index (χ1n) is 6.82. The summed E-state index contributed by atoms with van der Waals surface area (Å²) in [5.74, 6) is 0.532. The molecule has 0 aromatic heterocycles. The zero-order valence-corrected chi connectivity index (χ0v) is 12.4. The minimum Gasteiger partial charge on any atom is -0.494 e. The number of ether oxygens (including phenoxy) is 1. The molecule has 0 spiro atoms. The summed E-state index contributed by atoms with van der Waals surface area (Å²) in [6.07, 6.45) is 3.52. The minimum atomic E-state index is -0.409. The first-order valence-corrected chi connectivity index (χ1v) is 6.82. The molecule has 0 radical (unpaired) electrons. The van der Waals surface area contributed by atoms with Crippen LogP contribution in [0.15, 0.2) is 18.7 Å². The van der Waals surface area contributed by atoms with Crippen LogP contribution < -0.4 is 9.64 Å². The second kappa shape index (κ2) is 7.53. The predicted octanol–water partition coefficient (Wildman–Crippen LogP) is 3.87. The fraction of sp³-hybridized carbons (Fsp3) is 0.467. The van der Waals surface area contributed by atoms with E-state index in [0.29, 0.717) is 11.3 Å². The van der Waals surface area contributed by atoms with Gasteiger partial charge in [0.1, 0.15) is 5.75 Å². The monoisotopic (exact) mass is 278 g/mol. The summed E-state index contributed by atoms with van der Waals surface area (Å²) in [7, 11) is 1.53. The van der Waals surface area contributed by atoms with E-state index >= 15 is 0 Å². The van der Waals surface area contributed by atoms with Gasteiger partial charge < -0.3 is 9.64 Å². The SMILES string of the molecule is C=Cc1cc(N(CCC)CCC)c(OC)cc1[N+](=O)[O-]. The summed E-state index contributed by atoms with van der Waals surface area (Å²) in [6.45, 7) is 9.65. The molecule has 0 unspecified atom stereocenters. The van der Waals surface area contributed by atoms with Crippen molar-refractivity contribution in [2.75, 3.05) is 25.1 Å². The van der Waals surface area contributed by atoms with Gasteiger partial charge in [-0.2, -0.15) is 0 Å². The average molecular weight is 278 g/mol. The molecule has 5 heteroatoms. The van der Waals surface area contributed by atoms with Crippen LogP contribution in [0.1, 0.15) is 32.3 Å². The predicted molar refractivity (Wildman–Crippen MR) is 82.5 cm³/mol. The van der Waals surface area contributed by atoms with Crippen LogP contribution >= 0.6 is 0 Å². The third kappa shape index (κ3) is 3.50. The molecule has 0 aliphatic carbocycles. The van der Waals surface area contributed by atoms with Gasteiger partial charge in [0.25, 0.3) is 5.69 Å². The van der Waals surface area contributed by atoms with Crippen molar-refractivity contribution in [2.24, 2.45) is 0 Å². The van der Waals surface area contributed by atoms with E-state index in [1.54, 1.807) is 6.07 Å². The highest BCUT2D eigenvalue weighted by Crippen LogP contribution is 2.36. The van der Waals surface area contributed by atoms with E-state index in [-0.39, 0.29) is 5.69 Å². The molecule has 0 bridgehead atoms. The third-order valence-electron chi connectivity index (χ3n) is 3.07. The number of hydrogen-bond donors (Lipinski definition) is 0. The molecule has 0 saturated carbocycles. The number of hydrogen-bond acceptors (Lipinski definition) is 4. The smallest absolute Gasteiger partial charge is 0.280 e. The quantitative estimate of drug-likeness (QED) is 0.535. The highest BCUT2D eigenvalue weighted by molar-refractivity contribution is 5.72. The topological polar surface area (TPSA) is 55.6 Å². The Morgan fingerprint density at radius 3 is 2.35 bits per heavy atom. The van der Waals surface area contributed by atoms with Gasteiger partial charge >= 0.3 is 0 Å². The normalized spacial score (nSPS) is 10.2. The lowest BCUT2D eigenvalue weighted by Gasteiger charge is -2.26. The van der Waals surface area contributed by atoms with Gasteiger partial charge in [-0.05, 0) is 18.9 Å². The molecule has 0 saturated heterocycles. The van der Waals surface area contributed by atoms with E-state index in [0.717, 1.165) is 31.6 Å². The number of anilines is 1. The lowest BCUT2D eigenvalue weighted by molar-refractivity contribution is -0.385. The van der Waals surface area contributed by atoms with Gasteiger partial charge in [-0.3, -0.25) is 10.1 Å². The molecule has 5 nitrogen and oxygen atoms in total. The van der Waals surface area contributed by atoms with E-state index in [4.69, 9.17) is 4.74 Å². The number of methoxy groups -OCH3 is 1. The molecule has 1 aromatic rings. The zero-order valence-electron chi connectivity index (χ0n) is 12.4. The summed E-state index contributed by atoms with van der Waals surface area (Å²) >= 11 is 0. The van der Waals surface area contributed by atoms with E-state index in [9.17, 15) is 10.1 Å². The van der Waals surface area contributed by atoms with Crippen LogP contribution in [0, 0.1) is 10.1 Å². The van der Waals surface area contributed by atoms with Crippen LogP contribution in [-0.4, -0.2) is 25.1 Å². The van der Waals surface area contributed by atoms with Gasteiger partial charge in [0, 0.05) is 13.1 Å².